The van der Waals surface area contributed by atoms with Crippen LogP contribution >= 0.6 is 11.3 Å². The van der Waals surface area contributed by atoms with Gasteiger partial charge in [0, 0.05) is 30.9 Å². The van der Waals surface area contributed by atoms with Gasteiger partial charge in [0.2, 0.25) is 17.7 Å². The minimum atomic E-state index is -0.288. The molecule has 0 unspecified atom stereocenters. The number of nitrogens with zero attached hydrogens (tertiary/aromatic N) is 5. The molecule has 0 radical (unpaired) electrons. The normalized spacial score (nSPS) is 14.1. The van der Waals surface area contributed by atoms with Gasteiger partial charge in [0.15, 0.2) is 0 Å². The maximum absolute atomic E-state index is 11.7. The summed E-state index contributed by atoms with van der Waals surface area (Å²) in [6, 6.07) is 13.7. The number of benzene rings is 1. The van der Waals surface area contributed by atoms with E-state index in [0.29, 0.717) is 29.3 Å². The van der Waals surface area contributed by atoms with Gasteiger partial charge in [-0.3, -0.25) is 4.79 Å². The summed E-state index contributed by atoms with van der Waals surface area (Å²) >= 11 is 1.50. The number of hydrogen-bond donors (Lipinski definition) is 2. The lowest BCUT2D eigenvalue weighted by molar-refractivity contribution is -0.111. The molecule has 190 valence electrons. The molecule has 37 heavy (non-hydrogen) atoms. The number of nitrogens with one attached hydrogen (secondary N) is 2. The van der Waals surface area contributed by atoms with E-state index in [1.54, 1.807) is 24.4 Å². The van der Waals surface area contributed by atoms with Gasteiger partial charge in [0.1, 0.15) is 16.3 Å². The summed E-state index contributed by atoms with van der Waals surface area (Å²) in [4.78, 5) is 30.2. The Balaban J connectivity index is 1.31. The van der Waals surface area contributed by atoms with E-state index >= 15 is 0 Å². The van der Waals surface area contributed by atoms with Crippen LogP contribution in [0.5, 0.6) is 11.6 Å². The van der Waals surface area contributed by atoms with Crippen LogP contribution in [0.4, 0.5) is 23.1 Å². The number of thiophene rings is 1. The maximum Gasteiger partial charge on any atom is 0.247 e. The van der Waals surface area contributed by atoms with Crippen LogP contribution in [0.15, 0.2) is 66.7 Å². The van der Waals surface area contributed by atoms with E-state index in [-0.39, 0.29) is 5.91 Å². The molecule has 1 aliphatic heterocycles. The zero-order valence-electron chi connectivity index (χ0n) is 20.8. The van der Waals surface area contributed by atoms with Crippen LogP contribution in [0.2, 0.25) is 0 Å². The highest BCUT2D eigenvalue weighted by Crippen LogP contribution is 2.34. The SMILES string of the molecule is C=CC(=O)Nc1cccc(Oc2nc(Nc3ccc(N4CCC(N(C)C)CC4)nc3)nc3ccsc23)c1. The fourth-order valence-electron chi connectivity index (χ4n) is 4.29. The Kier molecular flexibility index (Phi) is 7.29. The number of carbonyl (C=O) groups is 1. The molecule has 1 fully saturated rings. The third-order valence-corrected chi connectivity index (χ3v) is 7.19. The van der Waals surface area contributed by atoms with Crippen molar-refractivity contribution in [3.05, 3.63) is 66.7 Å². The standard InChI is InChI=1S/C27H29N7O2S/c1-4-24(35)29-18-6-5-7-21(16-18)36-26-25-22(12-15-37-25)31-27(32-26)30-19-8-9-23(28-17-19)34-13-10-20(11-14-34)33(2)3/h4-9,12,15-17,20H,1,10-11,13-14H2,2-3H3,(H,29,35)(H,30,31,32). The first kappa shape index (κ1) is 24.7. The molecule has 0 spiro atoms. The van der Waals surface area contributed by atoms with Crippen molar-refractivity contribution in [3.63, 3.8) is 0 Å². The molecule has 4 aromatic rings. The van der Waals surface area contributed by atoms with E-state index in [1.807, 2.05) is 29.6 Å². The predicted molar refractivity (Wildman–Crippen MR) is 149 cm³/mol. The summed E-state index contributed by atoms with van der Waals surface area (Å²) in [5, 5.41) is 7.94. The lowest BCUT2D eigenvalue weighted by Gasteiger charge is -2.35. The second-order valence-corrected chi connectivity index (χ2v) is 9.94. The minimum absolute atomic E-state index is 0.288. The Morgan fingerprint density at radius 1 is 1.16 bits per heavy atom. The van der Waals surface area contributed by atoms with E-state index in [0.717, 1.165) is 47.7 Å². The number of amides is 1. The summed E-state index contributed by atoms with van der Waals surface area (Å²) in [6.45, 7) is 5.48. The molecule has 1 saturated heterocycles. The zero-order chi connectivity index (χ0) is 25.8. The van der Waals surface area contributed by atoms with Crippen LogP contribution in [0, 0.1) is 0 Å². The van der Waals surface area contributed by atoms with E-state index in [9.17, 15) is 4.79 Å². The van der Waals surface area contributed by atoms with Gasteiger partial charge < -0.3 is 25.2 Å². The Bertz CT molecular complexity index is 1400. The van der Waals surface area contributed by atoms with Gasteiger partial charge in [-0.25, -0.2) is 9.97 Å². The first-order valence-electron chi connectivity index (χ1n) is 12.1. The van der Waals surface area contributed by atoms with Gasteiger partial charge in [0.05, 0.1) is 17.4 Å². The molecule has 10 heteroatoms. The number of ether oxygens (including phenoxy) is 1. The van der Waals surface area contributed by atoms with E-state index in [2.05, 4.69) is 56.1 Å². The number of hydrogen-bond acceptors (Lipinski definition) is 9. The number of carbonyl (C=O) groups excluding carboxylic acids is 1. The first-order valence-corrected chi connectivity index (χ1v) is 13.0. The molecule has 0 aliphatic carbocycles. The number of pyridine rings is 1. The molecule has 0 atom stereocenters. The van der Waals surface area contributed by atoms with Crippen molar-refractivity contribution in [1.29, 1.82) is 0 Å². The maximum atomic E-state index is 11.7. The fraction of sp³-hybridized carbons (Fsp3) is 0.259. The number of aromatic nitrogens is 3. The van der Waals surface area contributed by atoms with Gasteiger partial charge >= 0.3 is 0 Å². The van der Waals surface area contributed by atoms with Gasteiger partial charge in [-0.15, -0.1) is 11.3 Å². The third kappa shape index (κ3) is 5.87. The Morgan fingerprint density at radius 2 is 2.00 bits per heavy atom. The highest BCUT2D eigenvalue weighted by molar-refractivity contribution is 7.17. The number of piperidine rings is 1. The third-order valence-electron chi connectivity index (χ3n) is 6.30. The van der Waals surface area contributed by atoms with Crippen LogP contribution in [-0.4, -0.2) is 59.0 Å². The predicted octanol–water partition coefficient (Wildman–Crippen LogP) is 5.28. The van der Waals surface area contributed by atoms with Crippen molar-refractivity contribution >= 4 is 50.6 Å². The van der Waals surface area contributed by atoms with Crippen LogP contribution in [0.1, 0.15) is 12.8 Å². The Labute approximate surface area is 219 Å². The highest BCUT2D eigenvalue weighted by atomic mass is 32.1. The summed E-state index contributed by atoms with van der Waals surface area (Å²) in [5.41, 5.74) is 2.18. The summed E-state index contributed by atoms with van der Waals surface area (Å²) in [5.74, 6) is 2.08. The number of rotatable bonds is 8. The lowest BCUT2D eigenvalue weighted by Crippen LogP contribution is -2.42. The van der Waals surface area contributed by atoms with E-state index in [1.165, 1.54) is 17.4 Å². The lowest BCUT2D eigenvalue weighted by atomic mass is 10.0. The number of fused-ring (bicyclic) bond motifs is 1. The van der Waals surface area contributed by atoms with Gasteiger partial charge in [0.25, 0.3) is 0 Å². The van der Waals surface area contributed by atoms with Crippen LogP contribution in [-0.2, 0) is 4.79 Å². The van der Waals surface area contributed by atoms with Gasteiger partial charge in [-0.1, -0.05) is 12.6 Å². The van der Waals surface area contributed by atoms with Crippen molar-refractivity contribution in [1.82, 2.24) is 19.9 Å². The van der Waals surface area contributed by atoms with Gasteiger partial charge in [-0.2, -0.15) is 4.98 Å². The molecule has 0 saturated carbocycles. The smallest absolute Gasteiger partial charge is 0.247 e. The molecule has 1 aliphatic rings. The van der Waals surface area contributed by atoms with Crippen LogP contribution < -0.4 is 20.3 Å². The van der Waals surface area contributed by atoms with Crippen LogP contribution in [0.3, 0.4) is 0 Å². The van der Waals surface area contributed by atoms with Crippen molar-refractivity contribution in [2.75, 3.05) is 42.7 Å². The van der Waals surface area contributed by atoms with E-state index < -0.39 is 0 Å². The monoisotopic (exact) mass is 515 g/mol. The second-order valence-electron chi connectivity index (χ2n) is 9.02. The average molecular weight is 516 g/mol. The molecular weight excluding hydrogens is 486 g/mol. The Hall–Kier alpha value is -4.02. The molecule has 4 heterocycles. The zero-order valence-corrected chi connectivity index (χ0v) is 21.7. The van der Waals surface area contributed by atoms with Crippen molar-refractivity contribution in [3.8, 4) is 11.6 Å². The van der Waals surface area contributed by atoms with Gasteiger partial charge in [-0.05, 0) is 68.7 Å². The molecule has 0 bridgehead atoms. The Morgan fingerprint density at radius 3 is 2.73 bits per heavy atom. The van der Waals surface area contributed by atoms with Crippen molar-refractivity contribution in [2.24, 2.45) is 0 Å². The minimum Gasteiger partial charge on any atom is -0.437 e. The molecule has 1 aromatic carbocycles. The summed E-state index contributed by atoms with van der Waals surface area (Å²) < 4.78 is 6.96. The quantitative estimate of drug-likeness (QED) is 0.306. The molecule has 9 nitrogen and oxygen atoms in total. The molecule has 2 N–H and O–H groups in total. The molecule has 3 aromatic heterocycles. The summed E-state index contributed by atoms with van der Waals surface area (Å²) in [6.07, 6.45) is 5.30. The van der Waals surface area contributed by atoms with Crippen molar-refractivity contribution in [2.45, 2.75) is 18.9 Å². The van der Waals surface area contributed by atoms with E-state index in [4.69, 9.17) is 4.74 Å². The van der Waals surface area contributed by atoms with Crippen molar-refractivity contribution < 1.29 is 9.53 Å². The number of anilines is 4. The first-order chi connectivity index (χ1) is 18.0. The molecular formula is C27H29N7O2S. The fourth-order valence-corrected chi connectivity index (χ4v) is 5.05. The topological polar surface area (TPSA) is 95.5 Å². The average Bonchev–Trinajstić information content (AvgIpc) is 3.38. The largest absolute Gasteiger partial charge is 0.437 e. The van der Waals surface area contributed by atoms with Crippen LogP contribution in [0.25, 0.3) is 10.2 Å². The summed E-state index contributed by atoms with van der Waals surface area (Å²) in [7, 11) is 4.29. The molecule has 5 rings (SSSR count). The highest BCUT2D eigenvalue weighted by Gasteiger charge is 2.21. The molecule has 1 amide bonds. The second kappa shape index (κ2) is 10.9.